The van der Waals surface area contributed by atoms with Gasteiger partial charge in [0.2, 0.25) is 0 Å². The van der Waals surface area contributed by atoms with Crippen LogP contribution in [0.25, 0.3) is 6.08 Å². The van der Waals surface area contributed by atoms with E-state index in [9.17, 15) is 4.79 Å². The summed E-state index contributed by atoms with van der Waals surface area (Å²) in [5, 5.41) is 0. The molecule has 4 nitrogen and oxygen atoms in total. The first-order valence-corrected chi connectivity index (χ1v) is 8.27. The molecule has 0 amide bonds. The number of benzene rings is 2. The summed E-state index contributed by atoms with van der Waals surface area (Å²) in [5.41, 5.74) is 4.71. The highest BCUT2D eigenvalue weighted by atomic mass is 16.6. The SMILES string of the molecule is COc1cccc(CCC2=N/C(=C/c3cc(C)ccc3C)C(=O)O2)c1. The van der Waals surface area contributed by atoms with E-state index in [0.717, 1.165) is 34.4 Å². The largest absolute Gasteiger partial charge is 0.497 e. The Kier molecular flexibility index (Phi) is 4.98. The fraction of sp³-hybridized carbons (Fsp3) is 0.238. The number of carbonyl (C=O) groups excluding carboxylic acids is 1. The fourth-order valence-corrected chi connectivity index (χ4v) is 2.70. The number of ether oxygens (including phenoxy) is 2. The highest BCUT2D eigenvalue weighted by Gasteiger charge is 2.22. The van der Waals surface area contributed by atoms with Crippen LogP contribution >= 0.6 is 0 Å². The van der Waals surface area contributed by atoms with Crippen molar-refractivity contribution in [1.29, 1.82) is 0 Å². The van der Waals surface area contributed by atoms with Crippen molar-refractivity contribution in [2.75, 3.05) is 7.11 Å². The Hall–Kier alpha value is -2.88. The molecule has 0 spiro atoms. The Morgan fingerprint density at radius 1 is 1.12 bits per heavy atom. The van der Waals surface area contributed by atoms with Crippen LogP contribution in [0.3, 0.4) is 0 Å². The molecule has 0 bridgehead atoms. The molecule has 0 unspecified atom stereocenters. The van der Waals surface area contributed by atoms with Gasteiger partial charge < -0.3 is 9.47 Å². The number of carbonyl (C=O) groups is 1. The lowest BCUT2D eigenvalue weighted by Gasteiger charge is -2.03. The second-order valence-electron chi connectivity index (χ2n) is 6.14. The Balaban J connectivity index is 1.73. The maximum Gasteiger partial charge on any atom is 0.363 e. The second kappa shape index (κ2) is 7.34. The van der Waals surface area contributed by atoms with Crippen molar-refractivity contribution in [3.05, 3.63) is 70.4 Å². The first-order chi connectivity index (χ1) is 12.0. The molecule has 2 aromatic rings. The zero-order chi connectivity index (χ0) is 17.8. The molecule has 2 aromatic carbocycles. The second-order valence-corrected chi connectivity index (χ2v) is 6.14. The van der Waals surface area contributed by atoms with Gasteiger partial charge in [0, 0.05) is 6.42 Å². The average molecular weight is 335 g/mol. The summed E-state index contributed by atoms with van der Waals surface area (Å²) in [6.45, 7) is 4.04. The number of rotatable bonds is 5. The van der Waals surface area contributed by atoms with Crippen molar-refractivity contribution in [1.82, 2.24) is 0 Å². The van der Waals surface area contributed by atoms with E-state index in [1.54, 1.807) is 13.2 Å². The van der Waals surface area contributed by atoms with Crippen LogP contribution in [0.1, 0.15) is 28.7 Å². The van der Waals surface area contributed by atoms with Gasteiger partial charge in [-0.1, -0.05) is 35.9 Å². The van der Waals surface area contributed by atoms with Crippen LogP contribution in [0.15, 0.2) is 53.2 Å². The zero-order valence-corrected chi connectivity index (χ0v) is 14.7. The van der Waals surface area contributed by atoms with Gasteiger partial charge in [-0.3, -0.25) is 0 Å². The first kappa shape index (κ1) is 17.0. The highest BCUT2D eigenvalue weighted by molar-refractivity contribution is 6.07. The van der Waals surface area contributed by atoms with Crippen LogP contribution in [0, 0.1) is 13.8 Å². The van der Waals surface area contributed by atoms with E-state index in [2.05, 4.69) is 4.99 Å². The van der Waals surface area contributed by atoms with E-state index < -0.39 is 0 Å². The van der Waals surface area contributed by atoms with Crippen LogP contribution in [-0.2, 0) is 16.0 Å². The van der Waals surface area contributed by atoms with Gasteiger partial charge in [0.25, 0.3) is 0 Å². The normalized spacial score (nSPS) is 15.2. The molecule has 0 saturated heterocycles. The number of methoxy groups -OCH3 is 1. The van der Waals surface area contributed by atoms with Gasteiger partial charge in [-0.2, -0.15) is 0 Å². The number of hydrogen-bond acceptors (Lipinski definition) is 4. The van der Waals surface area contributed by atoms with Gasteiger partial charge in [-0.15, -0.1) is 0 Å². The summed E-state index contributed by atoms with van der Waals surface area (Å²) in [6, 6.07) is 14.0. The quantitative estimate of drug-likeness (QED) is 0.606. The number of aryl methyl sites for hydroxylation is 3. The topological polar surface area (TPSA) is 47.9 Å². The van der Waals surface area contributed by atoms with Crippen LogP contribution in [0.4, 0.5) is 0 Å². The van der Waals surface area contributed by atoms with Gasteiger partial charge >= 0.3 is 5.97 Å². The fourth-order valence-electron chi connectivity index (χ4n) is 2.70. The predicted molar refractivity (Wildman–Crippen MR) is 98.7 cm³/mol. The number of cyclic esters (lactones) is 1. The lowest BCUT2D eigenvalue weighted by atomic mass is 10.0. The molecule has 1 aliphatic heterocycles. The minimum absolute atomic E-state index is 0.356. The third-order valence-corrected chi connectivity index (χ3v) is 4.15. The average Bonchev–Trinajstić information content (AvgIpc) is 2.96. The summed E-state index contributed by atoms with van der Waals surface area (Å²) < 4.78 is 10.5. The summed E-state index contributed by atoms with van der Waals surface area (Å²) in [5.74, 6) is 0.893. The van der Waals surface area contributed by atoms with Crippen LogP contribution in [0.2, 0.25) is 0 Å². The lowest BCUT2D eigenvalue weighted by Crippen LogP contribution is -2.05. The summed E-state index contributed by atoms with van der Waals surface area (Å²) >= 11 is 0. The third-order valence-electron chi connectivity index (χ3n) is 4.15. The molecular weight excluding hydrogens is 314 g/mol. The Morgan fingerprint density at radius 2 is 1.96 bits per heavy atom. The standard InChI is InChI=1S/C21H21NO3/c1-14-7-8-15(2)17(11-14)13-19-21(23)25-20(22-19)10-9-16-5-4-6-18(12-16)24-3/h4-8,11-13H,9-10H2,1-3H3/b19-13+. The van der Waals surface area contributed by atoms with Crippen molar-refractivity contribution in [3.63, 3.8) is 0 Å². The summed E-state index contributed by atoms with van der Waals surface area (Å²) in [7, 11) is 1.65. The van der Waals surface area contributed by atoms with Gasteiger partial charge in [-0.05, 0) is 55.2 Å². The molecule has 0 saturated carbocycles. The van der Waals surface area contributed by atoms with E-state index in [1.165, 1.54) is 0 Å². The van der Waals surface area contributed by atoms with Gasteiger partial charge in [0.05, 0.1) is 7.11 Å². The smallest absolute Gasteiger partial charge is 0.363 e. The summed E-state index contributed by atoms with van der Waals surface area (Å²) in [6.07, 6.45) is 3.10. The Morgan fingerprint density at radius 3 is 2.76 bits per heavy atom. The third kappa shape index (κ3) is 4.15. The molecule has 1 heterocycles. The van der Waals surface area contributed by atoms with Crippen LogP contribution < -0.4 is 4.74 Å². The number of esters is 1. The minimum Gasteiger partial charge on any atom is -0.497 e. The minimum atomic E-state index is -0.387. The molecule has 128 valence electrons. The number of nitrogens with zero attached hydrogens (tertiary/aromatic N) is 1. The van der Waals surface area contributed by atoms with E-state index >= 15 is 0 Å². The highest BCUT2D eigenvalue weighted by Crippen LogP contribution is 2.21. The maximum atomic E-state index is 12.1. The van der Waals surface area contributed by atoms with Crippen molar-refractivity contribution in [3.8, 4) is 5.75 Å². The number of aliphatic imine (C=N–C) groups is 1. The van der Waals surface area contributed by atoms with Crippen molar-refractivity contribution < 1.29 is 14.3 Å². The molecule has 0 N–H and O–H groups in total. The summed E-state index contributed by atoms with van der Waals surface area (Å²) in [4.78, 5) is 16.4. The molecule has 0 radical (unpaired) electrons. The molecule has 0 fully saturated rings. The maximum absolute atomic E-state index is 12.1. The van der Waals surface area contributed by atoms with Crippen LogP contribution in [-0.4, -0.2) is 19.0 Å². The van der Waals surface area contributed by atoms with Crippen molar-refractivity contribution in [2.24, 2.45) is 4.99 Å². The van der Waals surface area contributed by atoms with E-state index in [-0.39, 0.29) is 5.97 Å². The van der Waals surface area contributed by atoms with Gasteiger partial charge in [0.1, 0.15) is 5.75 Å². The van der Waals surface area contributed by atoms with E-state index in [4.69, 9.17) is 9.47 Å². The first-order valence-electron chi connectivity index (χ1n) is 8.27. The molecular formula is C21H21NO3. The monoisotopic (exact) mass is 335 g/mol. The molecule has 3 rings (SSSR count). The molecule has 0 aromatic heterocycles. The van der Waals surface area contributed by atoms with E-state index in [1.807, 2.05) is 56.3 Å². The van der Waals surface area contributed by atoms with Crippen LogP contribution in [0.5, 0.6) is 5.75 Å². The molecule has 1 aliphatic rings. The van der Waals surface area contributed by atoms with Gasteiger partial charge in [-0.25, -0.2) is 9.79 Å². The molecule has 25 heavy (non-hydrogen) atoms. The lowest BCUT2D eigenvalue weighted by molar-refractivity contribution is -0.130. The predicted octanol–water partition coefficient (Wildman–Crippen LogP) is 4.24. The zero-order valence-electron chi connectivity index (χ0n) is 14.7. The van der Waals surface area contributed by atoms with Crippen molar-refractivity contribution in [2.45, 2.75) is 26.7 Å². The van der Waals surface area contributed by atoms with E-state index in [0.29, 0.717) is 18.0 Å². The molecule has 4 heteroatoms. The number of hydrogen-bond donors (Lipinski definition) is 0. The van der Waals surface area contributed by atoms with Crippen molar-refractivity contribution >= 4 is 17.9 Å². The Bertz CT molecular complexity index is 865. The van der Waals surface area contributed by atoms with Gasteiger partial charge in [0.15, 0.2) is 11.6 Å². The molecule has 0 atom stereocenters. The molecule has 0 aliphatic carbocycles. The Labute approximate surface area is 147 Å².